The van der Waals surface area contributed by atoms with Gasteiger partial charge in [0.1, 0.15) is 16.5 Å². The first-order valence-electron chi connectivity index (χ1n) is 12.8. The van der Waals surface area contributed by atoms with Gasteiger partial charge in [-0.25, -0.2) is 4.52 Å². The molecule has 0 spiro atoms. The number of benzene rings is 1. The lowest BCUT2D eigenvalue weighted by molar-refractivity contribution is 0.0681. The third-order valence-corrected chi connectivity index (χ3v) is 7.90. The minimum Gasteiger partial charge on any atom is -0.496 e. The molecule has 1 saturated heterocycles. The molecule has 0 unspecified atom stereocenters. The molecule has 7 nitrogen and oxygen atoms in total. The number of hydrogen-bond acceptors (Lipinski definition) is 7. The first kappa shape index (κ1) is 25.2. The van der Waals surface area contributed by atoms with E-state index < -0.39 is 0 Å². The average molecular weight is 512 g/mol. The van der Waals surface area contributed by atoms with E-state index in [2.05, 4.69) is 33.9 Å². The quantitative estimate of drug-likeness (QED) is 0.314. The van der Waals surface area contributed by atoms with Gasteiger partial charge in [0.2, 0.25) is 0 Å². The summed E-state index contributed by atoms with van der Waals surface area (Å²) in [7, 11) is 5.08. The van der Waals surface area contributed by atoms with Crippen LogP contribution in [-0.2, 0) is 16.1 Å². The van der Waals surface area contributed by atoms with Gasteiger partial charge in [-0.15, -0.1) is 11.8 Å². The van der Waals surface area contributed by atoms with Crippen LogP contribution in [-0.4, -0.2) is 63.5 Å². The zero-order valence-electron chi connectivity index (χ0n) is 21.8. The highest BCUT2D eigenvalue weighted by Gasteiger charge is 2.30. The largest absolute Gasteiger partial charge is 0.496 e. The summed E-state index contributed by atoms with van der Waals surface area (Å²) in [5.74, 6) is 2.92. The summed E-state index contributed by atoms with van der Waals surface area (Å²) in [6.07, 6.45) is 7.03. The van der Waals surface area contributed by atoms with E-state index in [0.29, 0.717) is 12.5 Å². The molecule has 194 valence electrons. The molecule has 0 N–H and O–H groups in total. The molecule has 0 bridgehead atoms. The average Bonchev–Trinajstić information content (AvgIpc) is 3.64. The van der Waals surface area contributed by atoms with Gasteiger partial charge in [-0.3, -0.25) is 0 Å². The van der Waals surface area contributed by atoms with Crippen LogP contribution < -0.4 is 14.4 Å². The Hall–Kier alpha value is -2.42. The third kappa shape index (κ3) is 5.17. The number of aromatic nitrogens is 2. The van der Waals surface area contributed by atoms with E-state index in [4.69, 9.17) is 24.0 Å². The number of nitrogens with zero attached hydrogens (tertiary/aromatic N) is 3. The number of anilines is 1. The number of rotatable bonds is 11. The van der Waals surface area contributed by atoms with E-state index in [0.717, 1.165) is 83.9 Å². The standard InChI is InChI=1S/C28H37N3O4S/c1-32-18-21-14-24(33-2)26(25(15-21)34-3)22-6-5-7-23-27(28(36-4)29-31(22)23)30(16-19-8-9-19)17-20-10-12-35-13-11-20/h5-7,14-15,19-20H,8-13,16-18H2,1-4H3. The van der Waals surface area contributed by atoms with Gasteiger partial charge in [0.25, 0.3) is 0 Å². The number of fused-ring (bicyclic) bond motifs is 1. The van der Waals surface area contributed by atoms with Crippen LogP contribution in [0, 0.1) is 11.8 Å². The van der Waals surface area contributed by atoms with Crippen molar-refractivity contribution < 1.29 is 18.9 Å². The first-order chi connectivity index (χ1) is 17.7. The molecule has 8 heteroatoms. The van der Waals surface area contributed by atoms with Crippen LogP contribution in [0.1, 0.15) is 31.2 Å². The molecule has 1 aliphatic carbocycles. The topological polar surface area (TPSA) is 57.5 Å². The Morgan fingerprint density at radius 2 is 1.67 bits per heavy atom. The molecule has 2 fully saturated rings. The van der Waals surface area contributed by atoms with E-state index in [1.165, 1.54) is 18.5 Å². The number of thioether (sulfide) groups is 1. The molecule has 0 amide bonds. The number of ether oxygens (including phenoxy) is 4. The molecule has 2 aromatic heterocycles. The van der Waals surface area contributed by atoms with E-state index >= 15 is 0 Å². The normalized spacial score (nSPS) is 16.4. The lowest BCUT2D eigenvalue weighted by atomic mass is 9.99. The SMILES string of the molecule is COCc1cc(OC)c(-c2cccc3c(N(CC4CCOCC4)CC4CC4)c(SC)nn23)c(OC)c1. The summed E-state index contributed by atoms with van der Waals surface area (Å²) in [5, 5.41) is 6.20. The predicted octanol–water partition coefficient (Wildman–Crippen LogP) is 5.53. The Morgan fingerprint density at radius 3 is 2.25 bits per heavy atom. The fraction of sp³-hybridized carbons (Fsp3) is 0.536. The van der Waals surface area contributed by atoms with Gasteiger partial charge in [-0.1, -0.05) is 6.07 Å². The second-order valence-corrected chi connectivity index (χ2v) is 10.6. The number of methoxy groups -OCH3 is 3. The zero-order valence-corrected chi connectivity index (χ0v) is 22.6. The fourth-order valence-electron chi connectivity index (χ4n) is 5.24. The van der Waals surface area contributed by atoms with Crippen molar-refractivity contribution in [2.24, 2.45) is 11.8 Å². The Bertz CT molecular complexity index is 1160. The van der Waals surface area contributed by atoms with E-state index in [-0.39, 0.29) is 0 Å². The van der Waals surface area contributed by atoms with Gasteiger partial charge in [-0.05, 0) is 73.6 Å². The molecule has 1 saturated carbocycles. The van der Waals surface area contributed by atoms with Gasteiger partial charge in [-0.2, -0.15) is 5.10 Å². The van der Waals surface area contributed by atoms with Crippen molar-refractivity contribution in [3.8, 4) is 22.8 Å². The summed E-state index contributed by atoms with van der Waals surface area (Å²) in [6.45, 7) is 4.37. The molecular formula is C28H37N3O4S. The monoisotopic (exact) mass is 511 g/mol. The molecule has 0 radical (unpaired) electrons. The highest BCUT2D eigenvalue weighted by Crippen LogP contribution is 2.43. The van der Waals surface area contributed by atoms with Crippen molar-refractivity contribution in [2.75, 3.05) is 58.8 Å². The lowest BCUT2D eigenvalue weighted by Crippen LogP contribution is -2.34. The Kier molecular flexibility index (Phi) is 7.93. The smallest absolute Gasteiger partial charge is 0.142 e. The maximum absolute atomic E-state index is 5.85. The number of hydrogen-bond donors (Lipinski definition) is 0. The minimum absolute atomic E-state index is 0.488. The first-order valence-corrected chi connectivity index (χ1v) is 14.0. The van der Waals surface area contributed by atoms with Crippen LogP contribution >= 0.6 is 11.8 Å². The molecule has 36 heavy (non-hydrogen) atoms. The summed E-state index contributed by atoms with van der Waals surface area (Å²) in [6, 6.07) is 10.4. The van der Waals surface area contributed by atoms with Gasteiger partial charge < -0.3 is 23.8 Å². The molecule has 2 aliphatic rings. The molecular weight excluding hydrogens is 474 g/mol. The van der Waals surface area contributed by atoms with Crippen LogP contribution in [0.3, 0.4) is 0 Å². The Balaban J connectivity index is 1.63. The maximum Gasteiger partial charge on any atom is 0.142 e. The third-order valence-electron chi connectivity index (χ3n) is 7.24. The molecule has 1 aliphatic heterocycles. The van der Waals surface area contributed by atoms with Crippen molar-refractivity contribution in [3.05, 3.63) is 35.9 Å². The van der Waals surface area contributed by atoms with E-state index in [1.54, 1.807) is 33.1 Å². The van der Waals surface area contributed by atoms with Crippen LogP contribution in [0.5, 0.6) is 11.5 Å². The number of pyridine rings is 1. The second-order valence-electron chi connectivity index (χ2n) is 9.78. The molecule has 5 rings (SSSR count). The van der Waals surface area contributed by atoms with E-state index in [9.17, 15) is 0 Å². The molecule has 0 atom stereocenters. The zero-order chi connectivity index (χ0) is 25.1. The summed E-state index contributed by atoms with van der Waals surface area (Å²) >= 11 is 1.71. The van der Waals surface area contributed by atoms with Gasteiger partial charge in [0.05, 0.1) is 43.3 Å². The summed E-state index contributed by atoms with van der Waals surface area (Å²) in [5.41, 5.74) is 5.21. The summed E-state index contributed by atoms with van der Waals surface area (Å²) < 4.78 is 24.8. The highest BCUT2D eigenvalue weighted by molar-refractivity contribution is 7.98. The van der Waals surface area contributed by atoms with Crippen molar-refractivity contribution in [3.63, 3.8) is 0 Å². The van der Waals surface area contributed by atoms with Crippen LogP contribution in [0.15, 0.2) is 35.4 Å². The maximum atomic E-state index is 5.85. The molecule has 3 aromatic rings. The summed E-state index contributed by atoms with van der Waals surface area (Å²) in [4.78, 5) is 2.61. The van der Waals surface area contributed by atoms with Gasteiger partial charge in [0, 0.05) is 33.4 Å². The second kappa shape index (κ2) is 11.3. The lowest BCUT2D eigenvalue weighted by Gasteiger charge is -2.31. The van der Waals surface area contributed by atoms with Crippen LogP contribution in [0.25, 0.3) is 16.8 Å². The highest BCUT2D eigenvalue weighted by atomic mass is 32.2. The Morgan fingerprint density at radius 1 is 1.00 bits per heavy atom. The van der Waals surface area contributed by atoms with Crippen LogP contribution in [0.2, 0.25) is 0 Å². The van der Waals surface area contributed by atoms with E-state index in [1.807, 2.05) is 12.1 Å². The van der Waals surface area contributed by atoms with Gasteiger partial charge in [0.15, 0.2) is 0 Å². The van der Waals surface area contributed by atoms with Crippen molar-refractivity contribution >= 4 is 23.0 Å². The molecule has 3 heterocycles. The van der Waals surface area contributed by atoms with Crippen LogP contribution in [0.4, 0.5) is 5.69 Å². The van der Waals surface area contributed by atoms with Crippen molar-refractivity contribution in [1.29, 1.82) is 0 Å². The molecule has 1 aromatic carbocycles. The van der Waals surface area contributed by atoms with Gasteiger partial charge >= 0.3 is 0 Å². The fourth-order valence-corrected chi connectivity index (χ4v) is 5.83. The van der Waals surface area contributed by atoms with Crippen molar-refractivity contribution in [2.45, 2.75) is 37.3 Å². The minimum atomic E-state index is 0.488. The van der Waals surface area contributed by atoms with Crippen molar-refractivity contribution in [1.82, 2.24) is 9.61 Å². The predicted molar refractivity (Wildman–Crippen MR) is 145 cm³/mol. The Labute approximate surface area is 218 Å².